The van der Waals surface area contributed by atoms with Crippen molar-refractivity contribution in [1.82, 2.24) is 4.90 Å². The number of nitrogens with one attached hydrogen (secondary N) is 1. The molecule has 0 bridgehead atoms. The number of anilines is 1. The number of aliphatic imine (C=N–C) groups is 1. The monoisotopic (exact) mass is 292 g/mol. The Kier molecular flexibility index (Phi) is 8.47. The van der Waals surface area contributed by atoms with Crippen LogP contribution in [-0.4, -0.2) is 51.3 Å². The average molecular weight is 292 g/mol. The van der Waals surface area contributed by atoms with Crippen LogP contribution in [0.15, 0.2) is 29.3 Å². The van der Waals surface area contributed by atoms with Crippen LogP contribution in [0.2, 0.25) is 0 Å². The van der Waals surface area contributed by atoms with E-state index in [1.807, 2.05) is 12.1 Å². The number of rotatable bonds is 9. The van der Waals surface area contributed by atoms with Crippen LogP contribution >= 0.6 is 0 Å². The van der Waals surface area contributed by atoms with Gasteiger partial charge in [0, 0.05) is 25.9 Å². The SMILES string of the molecule is CCc1cccc(NC(N)=NCCCN(C)CCOC)c1. The molecular formula is C16H28N4O. The van der Waals surface area contributed by atoms with Gasteiger partial charge >= 0.3 is 0 Å². The topological polar surface area (TPSA) is 62.9 Å². The van der Waals surface area contributed by atoms with E-state index in [1.165, 1.54) is 5.56 Å². The van der Waals surface area contributed by atoms with Gasteiger partial charge in [-0.2, -0.15) is 0 Å². The molecule has 0 fully saturated rings. The summed E-state index contributed by atoms with van der Waals surface area (Å²) in [7, 11) is 3.80. The van der Waals surface area contributed by atoms with Gasteiger partial charge in [-0.05, 0) is 44.1 Å². The standard InChI is InChI=1S/C16H28N4O/c1-4-14-7-5-8-15(13-14)19-16(17)18-9-6-10-20(2)11-12-21-3/h5,7-8,13H,4,6,9-12H2,1-3H3,(H3,17,18,19). The van der Waals surface area contributed by atoms with E-state index in [4.69, 9.17) is 10.5 Å². The molecule has 5 heteroatoms. The molecule has 0 heterocycles. The van der Waals surface area contributed by atoms with Gasteiger partial charge in [0.25, 0.3) is 0 Å². The van der Waals surface area contributed by atoms with Crippen LogP contribution in [0.25, 0.3) is 0 Å². The molecule has 0 unspecified atom stereocenters. The van der Waals surface area contributed by atoms with E-state index in [0.717, 1.165) is 44.8 Å². The number of ether oxygens (including phenoxy) is 1. The zero-order chi connectivity index (χ0) is 15.5. The van der Waals surface area contributed by atoms with Gasteiger partial charge in [0.15, 0.2) is 5.96 Å². The molecule has 0 aromatic heterocycles. The van der Waals surface area contributed by atoms with Crippen molar-refractivity contribution in [2.75, 3.05) is 45.7 Å². The molecule has 0 atom stereocenters. The molecule has 118 valence electrons. The fraction of sp³-hybridized carbons (Fsp3) is 0.562. The van der Waals surface area contributed by atoms with E-state index in [0.29, 0.717) is 5.96 Å². The van der Waals surface area contributed by atoms with Gasteiger partial charge in [-0.15, -0.1) is 0 Å². The second-order valence-corrected chi connectivity index (χ2v) is 5.10. The third-order valence-corrected chi connectivity index (χ3v) is 3.26. The van der Waals surface area contributed by atoms with E-state index >= 15 is 0 Å². The predicted octanol–water partition coefficient (Wildman–Crippen LogP) is 1.94. The van der Waals surface area contributed by atoms with Crippen molar-refractivity contribution in [2.45, 2.75) is 19.8 Å². The Bertz CT molecular complexity index is 434. The summed E-state index contributed by atoms with van der Waals surface area (Å²) in [5.74, 6) is 0.475. The van der Waals surface area contributed by atoms with Gasteiger partial charge in [-0.25, -0.2) is 0 Å². The Balaban J connectivity index is 2.29. The summed E-state index contributed by atoms with van der Waals surface area (Å²) in [6, 6.07) is 8.23. The number of nitrogens with two attached hydrogens (primary N) is 1. The van der Waals surface area contributed by atoms with Gasteiger partial charge in [0.2, 0.25) is 0 Å². The highest BCUT2D eigenvalue weighted by Crippen LogP contribution is 2.10. The minimum atomic E-state index is 0.475. The maximum absolute atomic E-state index is 5.90. The Morgan fingerprint density at radius 1 is 1.38 bits per heavy atom. The van der Waals surface area contributed by atoms with Gasteiger partial charge in [-0.1, -0.05) is 19.1 Å². The molecule has 0 saturated heterocycles. The molecule has 5 nitrogen and oxygen atoms in total. The fourth-order valence-corrected chi connectivity index (χ4v) is 1.96. The number of methoxy groups -OCH3 is 1. The first kappa shape index (κ1) is 17.5. The number of guanidine groups is 1. The second kappa shape index (κ2) is 10.2. The summed E-state index contributed by atoms with van der Waals surface area (Å²) in [5, 5.41) is 3.13. The van der Waals surface area contributed by atoms with E-state index in [9.17, 15) is 0 Å². The van der Waals surface area contributed by atoms with E-state index in [-0.39, 0.29) is 0 Å². The molecule has 0 radical (unpaired) electrons. The molecule has 0 spiro atoms. The fourth-order valence-electron chi connectivity index (χ4n) is 1.96. The van der Waals surface area contributed by atoms with Gasteiger partial charge < -0.3 is 20.7 Å². The van der Waals surface area contributed by atoms with Crippen molar-refractivity contribution in [3.8, 4) is 0 Å². The molecular weight excluding hydrogens is 264 g/mol. The van der Waals surface area contributed by atoms with E-state index in [1.54, 1.807) is 7.11 Å². The molecule has 0 saturated carbocycles. The lowest BCUT2D eigenvalue weighted by Gasteiger charge is -2.15. The van der Waals surface area contributed by atoms with Crippen LogP contribution in [0, 0.1) is 0 Å². The second-order valence-electron chi connectivity index (χ2n) is 5.10. The Hall–Kier alpha value is -1.59. The maximum atomic E-state index is 5.90. The number of nitrogens with zero attached hydrogens (tertiary/aromatic N) is 2. The van der Waals surface area contributed by atoms with Crippen molar-refractivity contribution in [3.63, 3.8) is 0 Å². The quantitative estimate of drug-likeness (QED) is 0.415. The summed E-state index contributed by atoms with van der Waals surface area (Å²) in [6.45, 7) is 5.56. The van der Waals surface area contributed by atoms with Gasteiger partial charge in [0.05, 0.1) is 6.61 Å². The summed E-state index contributed by atoms with van der Waals surface area (Å²) >= 11 is 0. The molecule has 3 N–H and O–H groups in total. The summed E-state index contributed by atoms with van der Waals surface area (Å²) < 4.78 is 5.04. The molecule has 21 heavy (non-hydrogen) atoms. The predicted molar refractivity (Wildman–Crippen MR) is 89.9 cm³/mol. The van der Waals surface area contributed by atoms with Crippen molar-refractivity contribution in [3.05, 3.63) is 29.8 Å². The maximum Gasteiger partial charge on any atom is 0.193 e. The Morgan fingerprint density at radius 3 is 2.90 bits per heavy atom. The normalized spacial score (nSPS) is 11.9. The molecule has 1 aromatic rings. The highest BCUT2D eigenvalue weighted by Gasteiger charge is 1.98. The van der Waals surface area contributed by atoms with Crippen LogP contribution in [0.3, 0.4) is 0 Å². The molecule has 0 aliphatic rings. The van der Waals surface area contributed by atoms with Gasteiger partial charge in [-0.3, -0.25) is 4.99 Å². The number of hydrogen-bond donors (Lipinski definition) is 2. The third-order valence-electron chi connectivity index (χ3n) is 3.26. The zero-order valence-electron chi connectivity index (χ0n) is 13.4. The molecule has 1 rings (SSSR count). The van der Waals surface area contributed by atoms with Crippen molar-refractivity contribution < 1.29 is 4.74 Å². The van der Waals surface area contributed by atoms with Crippen LogP contribution in [-0.2, 0) is 11.2 Å². The molecule has 0 aliphatic carbocycles. The number of benzene rings is 1. The average Bonchev–Trinajstić information content (AvgIpc) is 2.49. The highest BCUT2D eigenvalue weighted by atomic mass is 16.5. The summed E-state index contributed by atoms with van der Waals surface area (Å²) in [5.41, 5.74) is 8.18. The minimum Gasteiger partial charge on any atom is -0.383 e. The van der Waals surface area contributed by atoms with Crippen molar-refractivity contribution >= 4 is 11.6 Å². The molecule has 1 aromatic carbocycles. The van der Waals surface area contributed by atoms with Crippen LogP contribution < -0.4 is 11.1 Å². The van der Waals surface area contributed by atoms with Crippen molar-refractivity contribution in [2.24, 2.45) is 10.7 Å². The molecule has 0 aliphatic heterocycles. The summed E-state index contributed by atoms with van der Waals surface area (Å²) in [6.07, 6.45) is 2.00. The number of likely N-dealkylation sites (N-methyl/N-ethyl adjacent to an activating group) is 1. The Labute approximate surface area is 128 Å². The van der Waals surface area contributed by atoms with Crippen LogP contribution in [0.1, 0.15) is 18.9 Å². The number of hydrogen-bond acceptors (Lipinski definition) is 3. The Morgan fingerprint density at radius 2 is 2.19 bits per heavy atom. The lowest BCUT2D eigenvalue weighted by atomic mass is 10.1. The minimum absolute atomic E-state index is 0.475. The van der Waals surface area contributed by atoms with Crippen LogP contribution in [0.5, 0.6) is 0 Å². The highest BCUT2D eigenvalue weighted by molar-refractivity contribution is 5.92. The lowest BCUT2D eigenvalue weighted by molar-refractivity contribution is 0.161. The summed E-state index contributed by atoms with van der Waals surface area (Å²) in [4.78, 5) is 6.58. The van der Waals surface area contributed by atoms with E-state index < -0.39 is 0 Å². The van der Waals surface area contributed by atoms with Crippen LogP contribution in [0.4, 0.5) is 5.69 Å². The zero-order valence-corrected chi connectivity index (χ0v) is 13.4. The largest absolute Gasteiger partial charge is 0.383 e. The van der Waals surface area contributed by atoms with E-state index in [2.05, 4.69) is 41.3 Å². The molecule has 0 amide bonds. The van der Waals surface area contributed by atoms with Crippen molar-refractivity contribution in [1.29, 1.82) is 0 Å². The first-order valence-electron chi connectivity index (χ1n) is 7.49. The van der Waals surface area contributed by atoms with Gasteiger partial charge in [0.1, 0.15) is 0 Å². The third kappa shape index (κ3) is 7.68. The lowest BCUT2D eigenvalue weighted by Crippen LogP contribution is -2.25. The smallest absolute Gasteiger partial charge is 0.193 e. The first-order chi connectivity index (χ1) is 10.2. The first-order valence-corrected chi connectivity index (χ1v) is 7.49. The number of aryl methyl sites for hydroxylation is 1.